The molecule has 19 heavy (non-hydrogen) atoms. The smallest absolute Gasteiger partial charge is 0.309 e. The highest BCUT2D eigenvalue weighted by atomic mass is 16.6. The summed E-state index contributed by atoms with van der Waals surface area (Å²) in [7, 11) is 0. The first-order valence-electron chi connectivity index (χ1n) is 5.83. The quantitative estimate of drug-likeness (QED) is 0.650. The molecule has 98 valence electrons. The number of hydrogen-bond donors (Lipinski definition) is 1. The van der Waals surface area contributed by atoms with Crippen molar-refractivity contribution < 1.29 is 4.92 Å². The van der Waals surface area contributed by atoms with E-state index >= 15 is 0 Å². The van der Waals surface area contributed by atoms with Crippen LogP contribution in [-0.4, -0.2) is 26.4 Å². The minimum atomic E-state index is -0.471. The summed E-state index contributed by atoms with van der Waals surface area (Å²) in [6, 6.07) is 3.64. The summed E-state index contributed by atoms with van der Waals surface area (Å²) in [5.74, 6) is 0.395. The molecule has 0 aliphatic heterocycles. The van der Waals surface area contributed by atoms with Crippen LogP contribution in [0.3, 0.4) is 0 Å². The zero-order valence-corrected chi connectivity index (χ0v) is 10.4. The third kappa shape index (κ3) is 3.21. The van der Waals surface area contributed by atoms with Crippen LogP contribution >= 0.6 is 0 Å². The maximum atomic E-state index is 11.0. The second-order valence-corrected chi connectivity index (χ2v) is 3.85. The van der Waals surface area contributed by atoms with Gasteiger partial charge in [-0.2, -0.15) is 0 Å². The first kappa shape index (κ1) is 12.9. The molecule has 0 bridgehead atoms. The summed E-state index contributed by atoms with van der Waals surface area (Å²) in [6.07, 6.45) is 4.91. The SMILES string of the molecule is CCNc1ncc([N+](=O)[O-])c(Cc2cccnc2)n1. The van der Waals surface area contributed by atoms with Gasteiger partial charge < -0.3 is 5.32 Å². The van der Waals surface area contributed by atoms with Crippen molar-refractivity contribution in [1.29, 1.82) is 0 Å². The van der Waals surface area contributed by atoms with Crippen molar-refractivity contribution >= 4 is 11.6 Å². The van der Waals surface area contributed by atoms with E-state index in [0.717, 1.165) is 5.56 Å². The highest BCUT2D eigenvalue weighted by Gasteiger charge is 2.17. The summed E-state index contributed by atoms with van der Waals surface area (Å²) in [6.45, 7) is 2.57. The lowest BCUT2D eigenvalue weighted by atomic mass is 10.1. The van der Waals surface area contributed by atoms with Crippen LogP contribution in [0, 0.1) is 10.1 Å². The number of pyridine rings is 1. The number of hydrogen-bond acceptors (Lipinski definition) is 6. The van der Waals surface area contributed by atoms with Gasteiger partial charge in [0.15, 0.2) is 0 Å². The highest BCUT2D eigenvalue weighted by molar-refractivity contribution is 5.40. The lowest BCUT2D eigenvalue weighted by Crippen LogP contribution is -2.07. The number of nitro groups is 1. The van der Waals surface area contributed by atoms with Crippen molar-refractivity contribution in [2.45, 2.75) is 13.3 Å². The molecule has 2 heterocycles. The topological polar surface area (TPSA) is 93.8 Å². The van der Waals surface area contributed by atoms with Crippen LogP contribution < -0.4 is 5.32 Å². The second kappa shape index (κ2) is 5.85. The molecule has 0 aliphatic carbocycles. The fourth-order valence-corrected chi connectivity index (χ4v) is 1.63. The summed E-state index contributed by atoms with van der Waals surface area (Å²) in [5.41, 5.74) is 1.17. The number of aromatic nitrogens is 3. The number of nitrogens with one attached hydrogen (secondary N) is 1. The molecule has 7 heteroatoms. The Morgan fingerprint density at radius 1 is 1.42 bits per heavy atom. The van der Waals surface area contributed by atoms with E-state index in [1.54, 1.807) is 18.5 Å². The molecular formula is C12H13N5O2. The lowest BCUT2D eigenvalue weighted by Gasteiger charge is -2.05. The van der Waals surface area contributed by atoms with E-state index in [-0.39, 0.29) is 5.69 Å². The van der Waals surface area contributed by atoms with Crippen LogP contribution in [-0.2, 0) is 6.42 Å². The molecule has 0 spiro atoms. The molecule has 2 aromatic heterocycles. The average Bonchev–Trinajstić information content (AvgIpc) is 2.40. The Labute approximate surface area is 109 Å². The highest BCUT2D eigenvalue weighted by Crippen LogP contribution is 2.19. The summed E-state index contributed by atoms with van der Waals surface area (Å²) in [4.78, 5) is 22.6. The molecule has 2 rings (SSSR count). The molecule has 0 unspecified atom stereocenters. The Kier molecular flexibility index (Phi) is 3.97. The standard InChI is InChI=1S/C12H13N5O2/c1-2-14-12-15-8-11(17(18)19)10(16-12)6-9-4-3-5-13-7-9/h3-5,7-8H,2,6H2,1H3,(H,14,15,16). The van der Waals surface area contributed by atoms with Gasteiger partial charge in [0.25, 0.3) is 0 Å². The number of anilines is 1. The van der Waals surface area contributed by atoms with Gasteiger partial charge in [-0.25, -0.2) is 9.97 Å². The first-order chi connectivity index (χ1) is 9.20. The van der Waals surface area contributed by atoms with E-state index < -0.39 is 4.92 Å². The maximum Gasteiger partial charge on any atom is 0.309 e. The molecule has 0 amide bonds. The van der Waals surface area contributed by atoms with Crippen molar-refractivity contribution in [2.75, 3.05) is 11.9 Å². The fourth-order valence-electron chi connectivity index (χ4n) is 1.63. The van der Waals surface area contributed by atoms with Gasteiger partial charge in [0.1, 0.15) is 11.9 Å². The first-order valence-corrected chi connectivity index (χ1v) is 5.83. The molecule has 0 saturated heterocycles. The summed E-state index contributed by atoms with van der Waals surface area (Å²) in [5, 5.41) is 13.9. The molecule has 0 aromatic carbocycles. The molecule has 7 nitrogen and oxygen atoms in total. The van der Waals surface area contributed by atoms with Gasteiger partial charge in [-0.1, -0.05) is 6.07 Å². The molecule has 2 aromatic rings. The average molecular weight is 259 g/mol. The molecule has 0 fully saturated rings. The monoisotopic (exact) mass is 259 g/mol. The third-order valence-corrected chi connectivity index (χ3v) is 2.47. The molecular weight excluding hydrogens is 246 g/mol. The number of rotatable bonds is 5. The van der Waals surface area contributed by atoms with E-state index in [1.807, 2.05) is 13.0 Å². The van der Waals surface area contributed by atoms with Crippen molar-refractivity contribution in [3.63, 3.8) is 0 Å². The third-order valence-electron chi connectivity index (χ3n) is 2.47. The zero-order valence-electron chi connectivity index (χ0n) is 10.4. The molecule has 0 radical (unpaired) electrons. The number of nitrogens with zero attached hydrogens (tertiary/aromatic N) is 4. The summed E-state index contributed by atoms with van der Waals surface area (Å²) >= 11 is 0. The van der Waals surface area contributed by atoms with Gasteiger partial charge in [-0.3, -0.25) is 15.1 Å². The van der Waals surface area contributed by atoms with E-state index in [0.29, 0.717) is 24.6 Å². The Hall–Kier alpha value is -2.57. The van der Waals surface area contributed by atoms with Crippen molar-refractivity contribution in [3.05, 3.63) is 52.1 Å². The van der Waals surface area contributed by atoms with E-state index in [9.17, 15) is 10.1 Å². The van der Waals surface area contributed by atoms with E-state index in [4.69, 9.17) is 0 Å². The predicted octanol–water partition coefficient (Wildman–Crippen LogP) is 1.80. The van der Waals surface area contributed by atoms with Crippen molar-refractivity contribution in [2.24, 2.45) is 0 Å². The second-order valence-electron chi connectivity index (χ2n) is 3.85. The molecule has 0 aliphatic rings. The van der Waals surface area contributed by atoms with Crippen LogP contribution in [0.1, 0.15) is 18.2 Å². The van der Waals surface area contributed by atoms with E-state index in [1.165, 1.54) is 6.20 Å². The molecule has 1 N–H and O–H groups in total. The molecule has 0 saturated carbocycles. The van der Waals surface area contributed by atoms with E-state index in [2.05, 4.69) is 20.3 Å². The van der Waals surface area contributed by atoms with Crippen molar-refractivity contribution in [3.8, 4) is 0 Å². The predicted molar refractivity (Wildman–Crippen MR) is 69.9 cm³/mol. The largest absolute Gasteiger partial charge is 0.354 e. The van der Waals surface area contributed by atoms with Crippen LogP contribution in [0.4, 0.5) is 11.6 Å². The van der Waals surface area contributed by atoms with Gasteiger partial charge in [0, 0.05) is 25.4 Å². The fraction of sp³-hybridized carbons (Fsp3) is 0.250. The Morgan fingerprint density at radius 2 is 2.26 bits per heavy atom. The zero-order chi connectivity index (χ0) is 13.7. The normalized spacial score (nSPS) is 10.2. The minimum Gasteiger partial charge on any atom is -0.354 e. The Balaban J connectivity index is 2.35. The summed E-state index contributed by atoms with van der Waals surface area (Å²) < 4.78 is 0. The van der Waals surface area contributed by atoms with Gasteiger partial charge in [-0.15, -0.1) is 0 Å². The van der Waals surface area contributed by atoms with Crippen LogP contribution in [0.15, 0.2) is 30.7 Å². The van der Waals surface area contributed by atoms with Gasteiger partial charge in [0.2, 0.25) is 5.95 Å². The Morgan fingerprint density at radius 3 is 2.89 bits per heavy atom. The lowest BCUT2D eigenvalue weighted by molar-refractivity contribution is -0.386. The van der Waals surface area contributed by atoms with Gasteiger partial charge in [0.05, 0.1) is 4.92 Å². The Bertz CT molecular complexity index is 574. The molecule has 0 atom stereocenters. The van der Waals surface area contributed by atoms with Crippen LogP contribution in [0.2, 0.25) is 0 Å². The van der Waals surface area contributed by atoms with Crippen molar-refractivity contribution in [1.82, 2.24) is 15.0 Å². The van der Waals surface area contributed by atoms with Gasteiger partial charge >= 0.3 is 5.69 Å². The van der Waals surface area contributed by atoms with Gasteiger partial charge in [-0.05, 0) is 18.6 Å². The van der Waals surface area contributed by atoms with Crippen LogP contribution in [0.25, 0.3) is 0 Å². The van der Waals surface area contributed by atoms with Crippen LogP contribution in [0.5, 0.6) is 0 Å². The maximum absolute atomic E-state index is 11.0. The minimum absolute atomic E-state index is 0.0782.